The van der Waals surface area contributed by atoms with Crippen LogP contribution in [0.15, 0.2) is 4.52 Å². The van der Waals surface area contributed by atoms with E-state index in [2.05, 4.69) is 20.4 Å². The molecule has 3 fully saturated rings. The van der Waals surface area contributed by atoms with E-state index in [4.69, 9.17) is 10.3 Å². The predicted molar refractivity (Wildman–Crippen MR) is 102 cm³/mol. The molecule has 1 aromatic rings. The lowest BCUT2D eigenvalue weighted by atomic mass is 9.89. The number of amides is 1. The highest BCUT2D eigenvalue weighted by atomic mass is 16.5. The quantitative estimate of drug-likeness (QED) is 0.724. The standard InChI is InChI=1S/C20H33N5O2/c21-11-17-9-8-16(25(17)13-14-6-7-14)10-18(26)22-12-19-23-20(24-27-19)15-4-2-1-3-5-15/h14-17H,1-13,21H2,(H,22,26)/t16-,17+/m0/s1. The zero-order valence-electron chi connectivity index (χ0n) is 16.2. The Morgan fingerprint density at radius 3 is 2.63 bits per heavy atom. The van der Waals surface area contributed by atoms with Gasteiger partial charge < -0.3 is 15.6 Å². The van der Waals surface area contributed by atoms with Gasteiger partial charge >= 0.3 is 0 Å². The second kappa shape index (κ2) is 8.69. The zero-order chi connectivity index (χ0) is 18.6. The van der Waals surface area contributed by atoms with Crippen molar-refractivity contribution in [1.82, 2.24) is 20.4 Å². The lowest BCUT2D eigenvalue weighted by molar-refractivity contribution is -0.122. The number of nitrogens with one attached hydrogen (secondary N) is 1. The highest BCUT2D eigenvalue weighted by molar-refractivity contribution is 5.76. The van der Waals surface area contributed by atoms with Gasteiger partial charge in [0, 0.05) is 37.5 Å². The van der Waals surface area contributed by atoms with Gasteiger partial charge in [-0.25, -0.2) is 0 Å². The third kappa shape index (κ3) is 4.88. The molecule has 3 aliphatic rings. The molecule has 2 heterocycles. The van der Waals surface area contributed by atoms with Gasteiger partial charge in [-0.15, -0.1) is 0 Å². The second-order valence-corrected chi connectivity index (χ2v) is 8.62. The molecule has 0 radical (unpaired) electrons. The van der Waals surface area contributed by atoms with Crippen LogP contribution in [0.25, 0.3) is 0 Å². The first-order chi connectivity index (χ1) is 13.2. The molecule has 7 heteroatoms. The van der Waals surface area contributed by atoms with Crippen LogP contribution in [0.3, 0.4) is 0 Å². The summed E-state index contributed by atoms with van der Waals surface area (Å²) in [7, 11) is 0. The van der Waals surface area contributed by atoms with Gasteiger partial charge in [0.25, 0.3) is 0 Å². The largest absolute Gasteiger partial charge is 0.347 e. The normalized spacial score (nSPS) is 27.1. The number of hydrogen-bond acceptors (Lipinski definition) is 6. The van der Waals surface area contributed by atoms with E-state index in [-0.39, 0.29) is 5.91 Å². The summed E-state index contributed by atoms with van der Waals surface area (Å²) >= 11 is 0. The molecule has 1 amide bonds. The molecule has 7 nitrogen and oxygen atoms in total. The van der Waals surface area contributed by atoms with Crippen LogP contribution in [0.4, 0.5) is 0 Å². The highest BCUT2D eigenvalue weighted by Crippen LogP contribution is 2.35. The van der Waals surface area contributed by atoms with Crippen molar-refractivity contribution in [1.29, 1.82) is 0 Å². The first-order valence-corrected chi connectivity index (χ1v) is 10.8. The van der Waals surface area contributed by atoms with E-state index in [1.54, 1.807) is 0 Å². The highest BCUT2D eigenvalue weighted by Gasteiger charge is 2.37. The van der Waals surface area contributed by atoms with Crippen LogP contribution in [0.1, 0.15) is 81.8 Å². The topological polar surface area (TPSA) is 97.3 Å². The molecule has 1 aliphatic heterocycles. The molecule has 1 saturated heterocycles. The van der Waals surface area contributed by atoms with Gasteiger partial charge in [-0.05, 0) is 44.4 Å². The number of likely N-dealkylation sites (tertiary alicyclic amines) is 1. The Hall–Kier alpha value is -1.47. The molecule has 2 atom stereocenters. The summed E-state index contributed by atoms with van der Waals surface area (Å²) in [6.07, 6.45) is 11.4. The van der Waals surface area contributed by atoms with E-state index in [1.165, 1.54) is 32.1 Å². The fourth-order valence-electron chi connectivity index (χ4n) is 4.71. The number of carbonyl (C=O) groups is 1. The van der Waals surface area contributed by atoms with Crippen molar-refractivity contribution < 1.29 is 9.32 Å². The van der Waals surface area contributed by atoms with E-state index in [0.29, 0.717) is 43.4 Å². The van der Waals surface area contributed by atoms with Crippen molar-refractivity contribution in [3.05, 3.63) is 11.7 Å². The van der Waals surface area contributed by atoms with E-state index in [9.17, 15) is 4.79 Å². The summed E-state index contributed by atoms with van der Waals surface area (Å²) in [6.45, 7) is 2.12. The second-order valence-electron chi connectivity index (χ2n) is 8.62. The maximum absolute atomic E-state index is 12.5. The van der Waals surface area contributed by atoms with Gasteiger partial charge in [0.2, 0.25) is 11.8 Å². The van der Waals surface area contributed by atoms with Crippen molar-refractivity contribution in [3.8, 4) is 0 Å². The van der Waals surface area contributed by atoms with Crippen molar-refractivity contribution >= 4 is 5.91 Å². The Balaban J connectivity index is 1.25. The Bertz CT molecular complexity index is 624. The van der Waals surface area contributed by atoms with Gasteiger partial charge in [-0.2, -0.15) is 4.98 Å². The first kappa shape index (κ1) is 18.9. The number of carbonyl (C=O) groups excluding carboxylic acids is 1. The smallest absolute Gasteiger partial charge is 0.246 e. The Morgan fingerprint density at radius 1 is 1.11 bits per heavy atom. The minimum Gasteiger partial charge on any atom is -0.347 e. The van der Waals surface area contributed by atoms with E-state index >= 15 is 0 Å². The van der Waals surface area contributed by atoms with E-state index in [1.807, 2.05) is 0 Å². The van der Waals surface area contributed by atoms with Crippen molar-refractivity contribution in [3.63, 3.8) is 0 Å². The molecule has 0 aromatic carbocycles. The van der Waals surface area contributed by atoms with Gasteiger partial charge in [0.15, 0.2) is 5.82 Å². The summed E-state index contributed by atoms with van der Waals surface area (Å²) in [5, 5.41) is 7.11. The summed E-state index contributed by atoms with van der Waals surface area (Å²) in [6, 6.07) is 0.761. The monoisotopic (exact) mass is 375 g/mol. The summed E-state index contributed by atoms with van der Waals surface area (Å²) < 4.78 is 5.35. The number of nitrogens with two attached hydrogens (primary N) is 1. The van der Waals surface area contributed by atoms with E-state index < -0.39 is 0 Å². The van der Waals surface area contributed by atoms with Crippen LogP contribution in [-0.4, -0.2) is 46.1 Å². The maximum Gasteiger partial charge on any atom is 0.246 e. The van der Waals surface area contributed by atoms with Crippen LogP contribution in [-0.2, 0) is 11.3 Å². The molecule has 0 spiro atoms. The van der Waals surface area contributed by atoms with Crippen LogP contribution in [0, 0.1) is 5.92 Å². The fraction of sp³-hybridized carbons (Fsp3) is 0.850. The van der Waals surface area contributed by atoms with Gasteiger partial charge in [0.05, 0.1) is 6.54 Å². The minimum absolute atomic E-state index is 0.0656. The lowest BCUT2D eigenvalue weighted by Gasteiger charge is -2.29. The van der Waals surface area contributed by atoms with Crippen LogP contribution < -0.4 is 11.1 Å². The summed E-state index contributed by atoms with van der Waals surface area (Å²) in [5.74, 6) is 2.64. The first-order valence-electron chi connectivity index (χ1n) is 10.8. The predicted octanol–water partition coefficient (Wildman–Crippen LogP) is 2.33. The van der Waals surface area contributed by atoms with Crippen LogP contribution in [0.5, 0.6) is 0 Å². The molecule has 0 unspecified atom stereocenters. The minimum atomic E-state index is 0.0656. The van der Waals surface area contributed by atoms with Crippen molar-refractivity contribution in [2.45, 2.75) is 88.8 Å². The third-order valence-corrected chi connectivity index (χ3v) is 6.52. The van der Waals surface area contributed by atoms with Crippen LogP contribution >= 0.6 is 0 Å². The Kier molecular flexibility index (Phi) is 6.08. The summed E-state index contributed by atoms with van der Waals surface area (Å²) in [5.41, 5.74) is 5.94. The van der Waals surface area contributed by atoms with Crippen molar-refractivity contribution in [2.24, 2.45) is 11.7 Å². The summed E-state index contributed by atoms with van der Waals surface area (Å²) in [4.78, 5) is 19.5. The number of rotatable bonds is 8. The molecule has 3 N–H and O–H groups in total. The average Bonchev–Trinajstić information content (AvgIpc) is 3.25. The molecule has 0 bridgehead atoms. The molecule has 2 saturated carbocycles. The molecular weight excluding hydrogens is 342 g/mol. The zero-order valence-corrected chi connectivity index (χ0v) is 16.2. The van der Waals surface area contributed by atoms with Crippen molar-refractivity contribution in [2.75, 3.05) is 13.1 Å². The lowest BCUT2D eigenvalue weighted by Crippen LogP contribution is -2.43. The van der Waals surface area contributed by atoms with Crippen LogP contribution in [0.2, 0.25) is 0 Å². The van der Waals surface area contributed by atoms with Gasteiger partial charge in [0.1, 0.15) is 0 Å². The van der Waals surface area contributed by atoms with E-state index in [0.717, 1.165) is 44.0 Å². The molecule has 27 heavy (non-hydrogen) atoms. The number of nitrogens with zero attached hydrogens (tertiary/aromatic N) is 3. The average molecular weight is 376 g/mol. The SMILES string of the molecule is NC[C@H]1CC[C@@H](CC(=O)NCc2nc(C3CCCCC3)no2)N1CC1CC1. The third-order valence-electron chi connectivity index (χ3n) is 6.52. The molecule has 150 valence electrons. The number of aromatic nitrogens is 2. The molecular formula is C20H33N5O2. The maximum atomic E-state index is 12.5. The molecule has 1 aromatic heterocycles. The fourth-order valence-corrected chi connectivity index (χ4v) is 4.71. The number of hydrogen-bond donors (Lipinski definition) is 2. The molecule has 4 rings (SSSR count). The molecule has 2 aliphatic carbocycles. The van der Waals surface area contributed by atoms with Gasteiger partial charge in [-0.3, -0.25) is 9.69 Å². The Morgan fingerprint density at radius 2 is 1.89 bits per heavy atom. The van der Waals surface area contributed by atoms with Gasteiger partial charge in [-0.1, -0.05) is 24.4 Å². The Labute approximate surface area is 161 Å².